The van der Waals surface area contributed by atoms with Crippen LogP contribution in [0.25, 0.3) is 0 Å². The van der Waals surface area contributed by atoms with Crippen LogP contribution in [0.1, 0.15) is 41.4 Å². The van der Waals surface area contributed by atoms with Gasteiger partial charge in [0.2, 0.25) is 0 Å². The minimum atomic E-state index is -1.02. The van der Waals surface area contributed by atoms with Crippen molar-refractivity contribution in [1.82, 2.24) is 4.98 Å². The van der Waals surface area contributed by atoms with Crippen molar-refractivity contribution in [3.8, 4) is 0 Å². The molecule has 0 bridgehead atoms. The SMILES string of the molecule is Cc1cc(F)cc(Nc2cc(C(=O)O)cc(C(C)C)n2)c1. The van der Waals surface area contributed by atoms with Gasteiger partial charge < -0.3 is 10.4 Å². The molecule has 0 aliphatic rings. The standard InChI is InChI=1S/C16H17FN2O2/c1-9(2)14-6-11(16(20)21)7-15(19-14)18-13-5-10(3)4-12(17)8-13/h4-9H,1-3H3,(H,18,19)(H,20,21). The van der Waals surface area contributed by atoms with Crippen LogP contribution in [0.3, 0.4) is 0 Å². The molecule has 0 spiro atoms. The van der Waals surface area contributed by atoms with Gasteiger partial charge in [-0.25, -0.2) is 14.2 Å². The van der Waals surface area contributed by atoms with Crippen LogP contribution in [0.5, 0.6) is 0 Å². The summed E-state index contributed by atoms with van der Waals surface area (Å²) >= 11 is 0. The van der Waals surface area contributed by atoms with Crippen LogP contribution in [-0.4, -0.2) is 16.1 Å². The van der Waals surface area contributed by atoms with Gasteiger partial charge in [-0.2, -0.15) is 0 Å². The van der Waals surface area contributed by atoms with Crippen LogP contribution in [-0.2, 0) is 0 Å². The molecule has 0 aliphatic carbocycles. The second-order valence-corrected chi connectivity index (χ2v) is 5.27. The summed E-state index contributed by atoms with van der Waals surface area (Å²) in [5.41, 5.74) is 2.14. The number of nitrogens with zero attached hydrogens (tertiary/aromatic N) is 1. The summed E-state index contributed by atoms with van der Waals surface area (Å²) in [7, 11) is 0. The number of aryl methyl sites for hydroxylation is 1. The van der Waals surface area contributed by atoms with Gasteiger partial charge in [-0.05, 0) is 48.7 Å². The fourth-order valence-corrected chi connectivity index (χ4v) is 1.99. The van der Waals surface area contributed by atoms with Crippen molar-refractivity contribution < 1.29 is 14.3 Å². The molecule has 0 fully saturated rings. The Kier molecular flexibility index (Phi) is 4.21. The Hall–Kier alpha value is -2.43. The number of nitrogens with one attached hydrogen (secondary N) is 1. The molecule has 0 aliphatic heterocycles. The third-order valence-corrected chi connectivity index (χ3v) is 3.00. The number of hydrogen-bond donors (Lipinski definition) is 2. The van der Waals surface area contributed by atoms with Crippen LogP contribution >= 0.6 is 0 Å². The monoisotopic (exact) mass is 288 g/mol. The van der Waals surface area contributed by atoms with Crippen LogP contribution in [0.2, 0.25) is 0 Å². The number of carboxylic acid groups (broad SMARTS) is 1. The number of aromatic carboxylic acids is 1. The summed E-state index contributed by atoms with van der Waals surface area (Å²) in [5.74, 6) is -0.878. The first-order valence-corrected chi connectivity index (χ1v) is 6.64. The Morgan fingerprint density at radius 1 is 1.24 bits per heavy atom. The molecule has 110 valence electrons. The number of halogens is 1. The van der Waals surface area contributed by atoms with Crippen molar-refractivity contribution in [3.05, 3.63) is 53.0 Å². The fourth-order valence-electron chi connectivity index (χ4n) is 1.99. The molecule has 1 aromatic heterocycles. The quantitative estimate of drug-likeness (QED) is 0.889. The van der Waals surface area contributed by atoms with Crippen molar-refractivity contribution in [2.75, 3.05) is 5.32 Å². The highest BCUT2D eigenvalue weighted by Crippen LogP contribution is 2.22. The fraction of sp³-hybridized carbons (Fsp3) is 0.250. The van der Waals surface area contributed by atoms with Crippen LogP contribution < -0.4 is 5.32 Å². The van der Waals surface area contributed by atoms with E-state index >= 15 is 0 Å². The zero-order chi connectivity index (χ0) is 15.6. The predicted octanol–water partition coefficient (Wildman–Crippen LogP) is 4.09. The summed E-state index contributed by atoms with van der Waals surface area (Å²) < 4.78 is 13.4. The molecule has 2 aromatic rings. The van der Waals surface area contributed by atoms with Gasteiger partial charge in [-0.15, -0.1) is 0 Å². The van der Waals surface area contributed by atoms with E-state index < -0.39 is 5.97 Å². The molecule has 0 radical (unpaired) electrons. The van der Waals surface area contributed by atoms with E-state index in [4.69, 9.17) is 5.11 Å². The number of anilines is 2. The smallest absolute Gasteiger partial charge is 0.335 e. The van der Waals surface area contributed by atoms with E-state index in [9.17, 15) is 9.18 Å². The Morgan fingerprint density at radius 3 is 2.52 bits per heavy atom. The second kappa shape index (κ2) is 5.91. The lowest BCUT2D eigenvalue weighted by atomic mass is 10.1. The minimum Gasteiger partial charge on any atom is -0.478 e. The van der Waals surface area contributed by atoms with Crippen molar-refractivity contribution in [1.29, 1.82) is 0 Å². The van der Waals surface area contributed by atoms with Gasteiger partial charge in [0.1, 0.15) is 11.6 Å². The number of pyridine rings is 1. The highest BCUT2D eigenvalue weighted by molar-refractivity contribution is 5.88. The summed E-state index contributed by atoms with van der Waals surface area (Å²) in [6.07, 6.45) is 0. The maximum Gasteiger partial charge on any atom is 0.335 e. The summed E-state index contributed by atoms with van der Waals surface area (Å²) in [6, 6.07) is 7.53. The number of benzene rings is 1. The molecule has 1 heterocycles. The third-order valence-electron chi connectivity index (χ3n) is 3.00. The average molecular weight is 288 g/mol. The van der Waals surface area contributed by atoms with Crippen molar-refractivity contribution in [2.24, 2.45) is 0 Å². The van der Waals surface area contributed by atoms with Gasteiger partial charge >= 0.3 is 5.97 Å². The molecule has 21 heavy (non-hydrogen) atoms. The van der Waals surface area contributed by atoms with Crippen LogP contribution in [0, 0.1) is 12.7 Å². The van der Waals surface area contributed by atoms with E-state index in [1.807, 2.05) is 13.8 Å². The second-order valence-electron chi connectivity index (χ2n) is 5.27. The number of hydrogen-bond acceptors (Lipinski definition) is 3. The Balaban J connectivity index is 2.40. The van der Waals surface area contributed by atoms with E-state index in [1.54, 1.807) is 19.1 Å². The zero-order valence-electron chi connectivity index (χ0n) is 12.1. The van der Waals surface area contributed by atoms with Gasteiger partial charge in [0.25, 0.3) is 0 Å². The van der Waals surface area contributed by atoms with E-state index in [0.717, 1.165) is 5.56 Å². The molecule has 0 saturated heterocycles. The molecular formula is C16H17FN2O2. The molecule has 2 N–H and O–H groups in total. The first-order chi connectivity index (χ1) is 9.85. The number of aromatic nitrogens is 1. The van der Waals surface area contributed by atoms with Gasteiger partial charge in [0.05, 0.1) is 5.56 Å². The van der Waals surface area contributed by atoms with Crippen LogP contribution in [0.15, 0.2) is 30.3 Å². The molecule has 5 heteroatoms. The number of carbonyl (C=O) groups is 1. The lowest BCUT2D eigenvalue weighted by Crippen LogP contribution is -2.05. The average Bonchev–Trinajstić information content (AvgIpc) is 2.36. The Labute approximate surface area is 122 Å². The summed E-state index contributed by atoms with van der Waals surface area (Å²) in [4.78, 5) is 15.5. The maximum absolute atomic E-state index is 13.4. The molecule has 4 nitrogen and oxygen atoms in total. The van der Waals surface area contributed by atoms with Crippen molar-refractivity contribution >= 4 is 17.5 Å². The van der Waals surface area contributed by atoms with E-state index in [-0.39, 0.29) is 17.3 Å². The predicted molar refractivity (Wildman–Crippen MR) is 79.7 cm³/mol. The molecule has 0 atom stereocenters. The van der Waals surface area contributed by atoms with E-state index in [0.29, 0.717) is 17.2 Å². The number of carboxylic acids is 1. The highest BCUT2D eigenvalue weighted by Gasteiger charge is 2.11. The summed E-state index contributed by atoms with van der Waals surface area (Å²) in [5, 5.41) is 12.1. The topological polar surface area (TPSA) is 62.2 Å². The zero-order valence-corrected chi connectivity index (χ0v) is 12.1. The summed E-state index contributed by atoms with van der Waals surface area (Å²) in [6.45, 7) is 5.66. The maximum atomic E-state index is 13.4. The lowest BCUT2D eigenvalue weighted by molar-refractivity contribution is 0.0696. The van der Waals surface area contributed by atoms with Crippen molar-refractivity contribution in [2.45, 2.75) is 26.7 Å². The van der Waals surface area contributed by atoms with Crippen molar-refractivity contribution in [3.63, 3.8) is 0 Å². The minimum absolute atomic E-state index is 0.0964. The first kappa shape index (κ1) is 15.0. The number of rotatable bonds is 4. The first-order valence-electron chi connectivity index (χ1n) is 6.64. The highest BCUT2D eigenvalue weighted by atomic mass is 19.1. The largest absolute Gasteiger partial charge is 0.478 e. The van der Waals surface area contributed by atoms with E-state index in [1.165, 1.54) is 18.2 Å². The molecule has 1 aromatic carbocycles. The lowest BCUT2D eigenvalue weighted by Gasteiger charge is -2.11. The van der Waals surface area contributed by atoms with Gasteiger partial charge in [0, 0.05) is 11.4 Å². The van der Waals surface area contributed by atoms with Gasteiger partial charge in [-0.1, -0.05) is 13.8 Å². The van der Waals surface area contributed by atoms with Gasteiger partial charge in [0.15, 0.2) is 0 Å². The third kappa shape index (κ3) is 3.78. The normalized spacial score (nSPS) is 10.7. The molecule has 2 rings (SSSR count). The Morgan fingerprint density at radius 2 is 1.95 bits per heavy atom. The molecule has 0 saturated carbocycles. The Bertz CT molecular complexity index is 664. The molecular weight excluding hydrogens is 271 g/mol. The van der Waals surface area contributed by atoms with Gasteiger partial charge in [-0.3, -0.25) is 0 Å². The molecule has 0 unspecified atom stereocenters. The van der Waals surface area contributed by atoms with Crippen LogP contribution in [0.4, 0.5) is 15.9 Å². The molecule has 0 amide bonds. The van der Waals surface area contributed by atoms with E-state index in [2.05, 4.69) is 10.3 Å².